The summed E-state index contributed by atoms with van der Waals surface area (Å²) in [5, 5.41) is 0. The van der Waals surface area contributed by atoms with Crippen LogP contribution < -0.4 is 0 Å². The first kappa shape index (κ1) is 28.5. The van der Waals surface area contributed by atoms with E-state index in [-0.39, 0.29) is 0 Å². The fraction of sp³-hybridized carbons (Fsp3) is 0.303. The summed E-state index contributed by atoms with van der Waals surface area (Å²) in [5.74, 6) is 1.66. The molecule has 0 unspecified atom stereocenters. The summed E-state index contributed by atoms with van der Waals surface area (Å²) in [6.07, 6.45) is 12.9. The van der Waals surface area contributed by atoms with Crippen molar-refractivity contribution in [3.8, 4) is 0 Å². The van der Waals surface area contributed by atoms with Crippen molar-refractivity contribution in [2.45, 2.75) is 0 Å². The summed E-state index contributed by atoms with van der Waals surface area (Å²) < 4.78 is 30.3. The van der Waals surface area contributed by atoms with Gasteiger partial charge in [0.1, 0.15) is 24.7 Å². The Morgan fingerprint density at radius 1 is 0.564 bits per heavy atom. The Balaban J connectivity index is 1.58. The van der Waals surface area contributed by atoms with Crippen LogP contribution >= 0.6 is 0 Å². The molecule has 6 heteroatoms. The predicted octanol–water partition coefficient (Wildman–Crippen LogP) is 5.30. The molecule has 0 radical (unpaired) electrons. The molecule has 0 atom stereocenters. The molecule has 4 rings (SSSR count). The molecule has 0 amide bonds. The van der Waals surface area contributed by atoms with E-state index in [1.54, 1.807) is 14.2 Å². The van der Waals surface area contributed by atoms with Crippen molar-refractivity contribution in [2.24, 2.45) is 0 Å². The minimum Gasteiger partial charge on any atom is -0.456 e. The van der Waals surface area contributed by atoms with Crippen molar-refractivity contribution in [3.63, 3.8) is 0 Å². The maximum absolute atomic E-state index is 6.36. The average Bonchev–Trinajstić information content (AvgIpc) is 3.00. The average molecular weight is 529 g/mol. The molecule has 0 saturated heterocycles. The number of ether oxygens (including phenoxy) is 5. The highest BCUT2D eigenvalue weighted by Crippen LogP contribution is 2.33. The van der Waals surface area contributed by atoms with Gasteiger partial charge in [0.05, 0.1) is 26.4 Å². The third kappa shape index (κ3) is 8.73. The van der Waals surface area contributed by atoms with Crippen molar-refractivity contribution in [1.29, 1.82) is 0 Å². The number of hydrogen-bond donors (Lipinski definition) is 0. The van der Waals surface area contributed by atoms with E-state index in [0.717, 1.165) is 52.6 Å². The Morgan fingerprint density at radius 2 is 1.05 bits per heavy atom. The second-order valence-electron chi connectivity index (χ2n) is 9.05. The van der Waals surface area contributed by atoms with E-state index in [0.29, 0.717) is 39.6 Å². The van der Waals surface area contributed by atoms with Gasteiger partial charge in [-0.1, -0.05) is 60.7 Å². The molecule has 0 fully saturated rings. The van der Waals surface area contributed by atoms with E-state index in [4.69, 9.17) is 23.7 Å². The zero-order valence-corrected chi connectivity index (χ0v) is 22.9. The van der Waals surface area contributed by atoms with Crippen LogP contribution in [-0.2, 0) is 23.7 Å². The molecule has 0 saturated carbocycles. The molecule has 2 aliphatic rings. The lowest BCUT2D eigenvalue weighted by atomic mass is 9.97. The highest BCUT2D eigenvalue weighted by atomic mass is 16.5. The van der Waals surface area contributed by atoms with E-state index in [1.807, 2.05) is 36.4 Å². The van der Waals surface area contributed by atoms with Gasteiger partial charge in [-0.15, -0.1) is 0 Å². The summed E-state index contributed by atoms with van der Waals surface area (Å²) in [5.41, 5.74) is 5.43. The van der Waals surface area contributed by atoms with Crippen LogP contribution in [0.5, 0.6) is 0 Å². The molecule has 2 aromatic carbocycles. The van der Waals surface area contributed by atoms with Gasteiger partial charge in [-0.2, -0.15) is 0 Å². The normalized spacial score (nSPS) is 14.8. The lowest BCUT2D eigenvalue weighted by Gasteiger charge is -2.20. The SMILES string of the molecule is COCCOCC[N+](CCOCCOC)=C1C=CC(=C2C=C(c3ccccc3)OC(c3ccccc3)=C2)C=C1. The van der Waals surface area contributed by atoms with Crippen LogP contribution in [0.25, 0.3) is 11.5 Å². The molecule has 1 heterocycles. The van der Waals surface area contributed by atoms with Crippen molar-refractivity contribution >= 4 is 17.2 Å². The molecule has 39 heavy (non-hydrogen) atoms. The second-order valence-corrected chi connectivity index (χ2v) is 9.05. The van der Waals surface area contributed by atoms with Crippen molar-refractivity contribution in [2.75, 3.05) is 67.0 Å². The number of nitrogens with zero attached hydrogens (tertiary/aromatic N) is 1. The first-order valence-corrected chi connectivity index (χ1v) is 13.4. The Bertz CT molecular complexity index is 1150. The molecule has 0 aromatic heterocycles. The fourth-order valence-electron chi connectivity index (χ4n) is 4.23. The first-order chi connectivity index (χ1) is 19.3. The van der Waals surface area contributed by atoms with Gasteiger partial charge in [0.15, 0.2) is 18.8 Å². The maximum atomic E-state index is 6.36. The largest absolute Gasteiger partial charge is 0.456 e. The summed E-state index contributed by atoms with van der Waals surface area (Å²) in [6.45, 7) is 5.10. The Kier molecular flexibility index (Phi) is 11.5. The van der Waals surface area contributed by atoms with Crippen LogP contribution in [0, 0.1) is 0 Å². The third-order valence-corrected chi connectivity index (χ3v) is 6.35. The van der Waals surface area contributed by atoms with Crippen molar-refractivity contribution < 1.29 is 28.3 Å². The molecule has 0 N–H and O–H groups in total. The molecule has 0 spiro atoms. The quantitative estimate of drug-likeness (QED) is 0.246. The molecule has 1 aliphatic heterocycles. The molecular formula is C33H38NO5+. The summed E-state index contributed by atoms with van der Waals surface area (Å²) >= 11 is 0. The topological polar surface area (TPSA) is 49.2 Å². The first-order valence-electron chi connectivity index (χ1n) is 13.4. The number of hydrogen-bond acceptors (Lipinski definition) is 5. The Labute approximate surface area is 231 Å². The zero-order chi connectivity index (χ0) is 27.1. The predicted molar refractivity (Wildman–Crippen MR) is 156 cm³/mol. The van der Waals surface area contributed by atoms with Crippen LogP contribution in [0.2, 0.25) is 0 Å². The van der Waals surface area contributed by atoms with Crippen molar-refractivity contribution in [1.82, 2.24) is 0 Å². The van der Waals surface area contributed by atoms with E-state index in [1.165, 1.54) is 0 Å². The van der Waals surface area contributed by atoms with E-state index >= 15 is 0 Å². The van der Waals surface area contributed by atoms with Crippen LogP contribution in [0.4, 0.5) is 0 Å². The second kappa shape index (κ2) is 15.8. The Morgan fingerprint density at radius 3 is 1.51 bits per heavy atom. The van der Waals surface area contributed by atoms with Crippen LogP contribution in [0.3, 0.4) is 0 Å². The molecule has 6 nitrogen and oxygen atoms in total. The summed E-state index contributed by atoms with van der Waals surface area (Å²) in [4.78, 5) is 0. The molecule has 0 bridgehead atoms. The maximum Gasteiger partial charge on any atom is 0.200 e. The zero-order valence-electron chi connectivity index (χ0n) is 22.9. The Hall–Kier alpha value is -3.55. The van der Waals surface area contributed by atoms with Gasteiger partial charge < -0.3 is 23.7 Å². The van der Waals surface area contributed by atoms with Gasteiger partial charge in [0.2, 0.25) is 0 Å². The molecular weight excluding hydrogens is 490 g/mol. The van der Waals surface area contributed by atoms with Crippen LogP contribution in [-0.4, -0.2) is 77.2 Å². The highest BCUT2D eigenvalue weighted by Gasteiger charge is 2.18. The van der Waals surface area contributed by atoms with Gasteiger partial charge in [-0.3, -0.25) is 0 Å². The fourth-order valence-corrected chi connectivity index (χ4v) is 4.23. The minimum absolute atomic E-state index is 0.584. The number of benzene rings is 2. The van der Waals surface area contributed by atoms with Gasteiger partial charge in [-0.05, 0) is 35.5 Å². The van der Waals surface area contributed by atoms with Gasteiger partial charge in [-0.25, -0.2) is 4.58 Å². The number of allylic oxidation sites excluding steroid dienone is 8. The molecule has 2 aromatic rings. The highest BCUT2D eigenvalue weighted by molar-refractivity contribution is 6.02. The van der Waals surface area contributed by atoms with Gasteiger partial charge >= 0.3 is 0 Å². The lowest BCUT2D eigenvalue weighted by Crippen LogP contribution is -2.28. The van der Waals surface area contributed by atoms with E-state index in [2.05, 4.69) is 65.3 Å². The van der Waals surface area contributed by atoms with E-state index in [9.17, 15) is 0 Å². The third-order valence-electron chi connectivity index (χ3n) is 6.35. The monoisotopic (exact) mass is 528 g/mol. The lowest BCUT2D eigenvalue weighted by molar-refractivity contribution is -0.532. The number of rotatable bonds is 14. The standard InChI is InChI=1S/C33H38NO5/c1-35-21-23-37-19-17-34(18-20-38-24-22-36-2)31-15-13-27(14-16-31)30-25-32(28-9-5-3-6-10-28)39-33(26-30)29-11-7-4-8-12-29/h3-16,25-26H,17-24H2,1-2H3/q+1. The smallest absolute Gasteiger partial charge is 0.200 e. The van der Waals surface area contributed by atoms with Crippen molar-refractivity contribution in [3.05, 3.63) is 119 Å². The van der Waals surface area contributed by atoms with E-state index < -0.39 is 0 Å². The minimum atomic E-state index is 0.584. The van der Waals surface area contributed by atoms with Crippen LogP contribution in [0.1, 0.15) is 11.1 Å². The van der Waals surface area contributed by atoms with Crippen LogP contribution in [0.15, 0.2) is 108 Å². The number of methoxy groups -OCH3 is 2. The van der Waals surface area contributed by atoms with Gasteiger partial charge in [0.25, 0.3) is 0 Å². The molecule has 204 valence electrons. The summed E-state index contributed by atoms with van der Waals surface area (Å²) in [7, 11) is 3.36. The molecule has 1 aliphatic carbocycles. The van der Waals surface area contributed by atoms with Gasteiger partial charge in [0, 0.05) is 37.5 Å². The summed E-state index contributed by atoms with van der Waals surface area (Å²) in [6, 6.07) is 20.4.